The highest BCUT2D eigenvalue weighted by Gasteiger charge is 2.39. The molecular weight excluding hydrogens is 508 g/mol. The van der Waals surface area contributed by atoms with Crippen molar-refractivity contribution in [2.24, 2.45) is 5.10 Å². The van der Waals surface area contributed by atoms with Crippen molar-refractivity contribution in [1.82, 2.24) is 5.43 Å². The fourth-order valence-electron chi connectivity index (χ4n) is 3.44. The Morgan fingerprint density at radius 1 is 0.800 bits per heavy atom. The summed E-state index contributed by atoms with van der Waals surface area (Å²) in [7, 11) is 0. The van der Waals surface area contributed by atoms with Crippen LogP contribution >= 0.6 is 15.9 Å². The van der Waals surface area contributed by atoms with E-state index in [1.165, 1.54) is 6.21 Å². The number of amides is 1. The number of nitrogens with one attached hydrogen (secondary N) is 1. The highest BCUT2D eigenvalue weighted by atomic mass is 79.9. The fraction of sp³-hybridized carbons (Fsp3) is 0.0357. The summed E-state index contributed by atoms with van der Waals surface area (Å²) in [6.45, 7) is 0. The molecule has 0 fully saturated rings. The SMILES string of the molecule is O=C(Oc1ccc(/C=N/NC(=O)C(O)(c2ccccc2)c2ccccc2)cc1)c1ccccc1Br. The Bertz CT molecular complexity index is 1300. The third-order valence-corrected chi connectivity index (χ3v) is 5.97. The van der Waals surface area contributed by atoms with Gasteiger partial charge < -0.3 is 9.84 Å². The molecule has 0 aliphatic carbocycles. The third kappa shape index (κ3) is 5.54. The number of hydrazone groups is 1. The Morgan fingerprint density at radius 2 is 1.34 bits per heavy atom. The van der Waals surface area contributed by atoms with E-state index in [9.17, 15) is 14.7 Å². The van der Waals surface area contributed by atoms with Crippen LogP contribution in [0.1, 0.15) is 27.0 Å². The molecule has 0 aliphatic rings. The number of carbonyl (C=O) groups is 2. The van der Waals surface area contributed by atoms with Crippen molar-refractivity contribution in [3.63, 3.8) is 0 Å². The van der Waals surface area contributed by atoms with Crippen LogP contribution in [0.3, 0.4) is 0 Å². The van der Waals surface area contributed by atoms with Gasteiger partial charge in [0.25, 0.3) is 5.91 Å². The van der Waals surface area contributed by atoms with Gasteiger partial charge >= 0.3 is 5.97 Å². The van der Waals surface area contributed by atoms with E-state index in [0.717, 1.165) is 0 Å². The average Bonchev–Trinajstić information content (AvgIpc) is 2.90. The first-order chi connectivity index (χ1) is 17.0. The molecule has 4 aromatic rings. The topological polar surface area (TPSA) is 88.0 Å². The maximum atomic E-state index is 13.1. The van der Waals surface area contributed by atoms with Crippen molar-refractivity contribution < 1.29 is 19.4 Å². The van der Waals surface area contributed by atoms with E-state index >= 15 is 0 Å². The van der Waals surface area contributed by atoms with E-state index in [4.69, 9.17) is 4.74 Å². The lowest BCUT2D eigenvalue weighted by molar-refractivity contribution is -0.136. The minimum atomic E-state index is -1.91. The molecule has 1 amide bonds. The van der Waals surface area contributed by atoms with Gasteiger partial charge in [-0.15, -0.1) is 0 Å². The van der Waals surface area contributed by atoms with E-state index in [1.54, 1.807) is 91.0 Å². The van der Waals surface area contributed by atoms with Crippen molar-refractivity contribution in [2.45, 2.75) is 5.60 Å². The Labute approximate surface area is 211 Å². The smallest absolute Gasteiger partial charge is 0.344 e. The van der Waals surface area contributed by atoms with Crippen LogP contribution < -0.4 is 10.2 Å². The van der Waals surface area contributed by atoms with Crippen molar-refractivity contribution >= 4 is 34.0 Å². The standard InChI is InChI=1S/C28H21BrN2O4/c29-25-14-8-7-13-24(25)26(32)35-23-17-15-20(16-18-23)19-30-31-27(33)28(34,21-9-3-1-4-10-21)22-11-5-2-6-12-22/h1-19,34H,(H,31,33)/b30-19+. The first kappa shape index (κ1) is 24.1. The number of hydrogen-bond donors (Lipinski definition) is 2. The lowest BCUT2D eigenvalue weighted by Gasteiger charge is -2.27. The van der Waals surface area contributed by atoms with E-state index in [1.807, 2.05) is 18.2 Å². The Kier molecular flexibility index (Phi) is 7.50. The van der Waals surface area contributed by atoms with Gasteiger partial charge in [-0.2, -0.15) is 5.10 Å². The largest absolute Gasteiger partial charge is 0.423 e. The van der Waals surface area contributed by atoms with Crippen LogP contribution in [0.15, 0.2) is 119 Å². The Hall–Kier alpha value is -4.07. The van der Waals surface area contributed by atoms with Gasteiger partial charge in [0.2, 0.25) is 0 Å². The zero-order valence-corrected chi connectivity index (χ0v) is 20.1. The molecule has 6 nitrogen and oxygen atoms in total. The van der Waals surface area contributed by atoms with Gasteiger partial charge in [-0.05, 0) is 69.0 Å². The Balaban J connectivity index is 1.45. The molecule has 0 radical (unpaired) electrons. The minimum absolute atomic E-state index is 0.370. The normalized spacial score (nSPS) is 11.3. The molecule has 4 aromatic carbocycles. The number of rotatable bonds is 7. The van der Waals surface area contributed by atoms with Crippen LogP contribution in [0.2, 0.25) is 0 Å². The summed E-state index contributed by atoms with van der Waals surface area (Å²) in [6.07, 6.45) is 1.44. The van der Waals surface area contributed by atoms with E-state index in [2.05, 4.69) is 26.5 Å². The monoisotopic (exact) mass is 528 g/mol. The molecule has 0 saturated heterocycles. The first-order valence-corrected chi connectivity index (χ1v) is 11.5. The molecular formula is C28H21BrN2O4. The quantitative estimate of drug-likeness (QED) is 0.152. The number of hydrogen-bond acceptors (Lipinski definition) is 5. The molecule has 0 saturated carbocycles. The van der Waals surface area contributed by atoms with Crippen molar-refractivity contribution in [2.75, 3.05) is 0 Å². The number of halogens is 1. The second-order valence-electron chi connectivity index (χ2n) is 7.58. The Morgan fingerprint density at radius 3 is 1.91 bits per heavy atom. The number of ether oxygens (including phenoxy) is 1. The number of esters is 1. The molecule has 0 atom stereocenters. The van der Waals surface area contributed by atoms with Gasteiger partial charge in [0, 0.05) is 4.47 Å². The number of nitrogens with zero attached hydrogens (tertiary/aromatic N) is 1. The van der Waals surface area contributed by atoms with Gasteiger partial charge in [-0.1, -0.05) is 72.8 Å². The molecule has 2 N–H and O–H groups in total. The van der Waals surface area contributed by atoms with E-state index in [-0.39, 0.29) is 0 Å². The van der Waals surface area contributed by atoms with Crippen LogP contribution in [0, 0.1) is 0 Å². The second-order valence-corrected chi connectivity index (χ2v) is 8.43. The molecule has 0 spiro atoms. The lowest BCUT2D eigenvalue weighted by atomic mass is 9.85. The zero-order valence-electron chi connectivity index (χ0n) is 18.5. The minimum Gasteiger partial charge on any atom is -0.423 e. The summed E-state index contributed by atoms with van der Waals surface area (Å²) in [6, 6.07) is 31.0. The maximum absolute atomic E-state index is 13.1. The van der Waals surface area contributed by atoms with Gasteiger partial charge in [-0.3, -0.25) is 4.79 Å². The number of aliphatic hydroxyl groups is 1. The lowest BCUT2D eigenvalue weighted by Crippen LogP contribution is -2.43. The van der Waals surface area contributed by atoms with E-state index < -0.39 is 17.5 Å². The zero-order chi connectivity index (χ0) is 24.7. The molecule has 4 rings (SSSR count). The molecule has 0 heterocycles. The molecule has 0 unspecified atom stereocenters. The summed E-state index contributed by atoms with van der Waals surface area (Å²) in [4.78, 5) is 25.4. The predicted molar refractivity (Wildman–Crippen MR) is 137 cm³/mol. The number of benzene rings is 4. The summed E-state index contributed by atoms with van der Waals surface area (Å²) in [5, 5.41) is 15.4. The molecule has 35 heavy (non-hydrogen) atoms. The summed E-state index contributed by atoms with van der Waals surface area (Å²) < 4.78 is 6.05. The molecule has 0 aliphatic heterocycles. The highest BCUT2D eigenvalue weighted by Crippen LogP contribution is 2.29. The van der Waals surface area contributed by atoms with Crippen LogP contribution in [0.5, 0.6) is 5.75 Å². The maximum Gasteiger partial charge on any atom is 0.344 e. The molecule has 174 valence electrons. The third-order valence-electron chi connectivity index (χ3n) is 5.28. The van der Waals surface area contributed by atoms with Crippen LogP contribution in [0.4, 0.5) is 0 Å². The number of carbonyl (C=O) groups excluding carboxylic acids is 2. The van der Waals surface area contributed by atoms with Gasteiger partial charge in [0.15, 0.2) is 5.60 Å². The van der Waals surface area contributed by atoms with E-state index in [0.29, 0.717) is 32.5 Å². The molecule has 0 bridgehead atoms. The van der Waals surface area contributed by atoms with Crippen LogP contribution in [-0.2, 0) is 10.4 Å². The van der Waals surface area contributed by atoms with Gasteiger partial charge in [-0.25, -0.2) is 10.2 Å². The summed E-state index contributed by atoms with van der Waals surface area (Å²) >= 11 is 3.33. The predicted octanol–water partition coefficient (Wildman–Crippen LogP) is 5.05. The fourth-order valence-corrected chi connectivity index (χ4v) is 3.89. The highest BCUT2D eigenvalue weighted by molar-refractivity contribution is 9.10. The first-order valence-electron chi connectivity index (χ1n) is 10.7. The van der Waals surface area contributed by atoms with Crippen LogP contribution in [-0.4, -0.2) is 23.2 Å². The van der Waals surface area contributed by atoms with Crippen molar-refractivity contribution in [1.29, 1.82) is 0 Å². The average molecular weight is 529 g/mol. The molecule has 7 heteroatoms. The summed E-state index contributed by atoms with van der Waals surface area (Å²) in [5.74, 6) is -0.799. The van der Waals surface area contributed by atoms with Crippen molar-refractivity contribution in [3.8, 4) is 5.75 Å². The van der Waals surface area contributed by atoms with Gasteiger partial charge in [0.05, 0.1) is 11.8 Å². The van der Waals surface area contributed by atoms with Crippen LogP contribution in [0.25, 0.3) is 0 Å². The second kappa shape index (κ2) is 10.9. The van der Waals surface area contributed by atoms with Crippen molar-refractivity contribution in [3.05, 3.63) is 136 Å². The molecule has 0 aromatic heterocycles. The summed E-state index contributed by atoms with van der Waals surface area (Å²) in [5.41, 5.74) is 2.45. The van der Waals surface area contributed by atoms with Gasteiger partial charge in [0.1, 0.15) is 5.75 Å².